The summed E-state index contributed by atoms with van der Waals surface area (Å²) in [6.07, 6.45) is 0.787. The van der Waals surface area contributed by atoms with Crippen molar-refractivity contribution in [3.05, 3.63) is 71.7 Å². The number of aliphatic hydroxyl groups is 1. The second kappa shape index (κ2) is 9.68. The molecule has 32 heavy (non-hydrogen) atoms. The standard InChI is InChI=1S/C22H24N4O4S2.2H2/c27-20(17-4-2-1-3-5-17)16-21(28)26-13-11-25(12-14-26)18-6-8-19(9-7-18)32(29,30)24-22-23-10-15-31-22;;/h1-10,15,20,27H,11-14,16H2,(H,23,24);2*1H/t20-;;/m1../s1. The van der Waals surface area contributed by atoms with E-state index in [1.165, 1.54) is 11.3 Å². The Kier molecular flexibility index (Phi) is 6.73. The monoisotopic (exact) mass is 476 g/mol. The highest BCUT2D eigenvalue weighted by atomic mass is 32.2. The van der Waals surface area contributed by atoms with Crippen molar-refractivity contribution in [2.24, 2.45) is 0 Å². The molecule has 1 fully saturated rings. The third kappa shape index (κ3) is 5.26. The van der Waals surface area contributed by atoms with E-state index in [4.69, 9.17) is 0 Å². The summed E-state index contributed by atoms with van der Waals surface area (Å²) in [5.41, 5.74) is 1.63. The van der Waals surface area contributed by atoms with Crippen LogP contribution in [-0.2, 0) is 14.8 Å². The third-order valence-corrected chi connectivity index (χ3v) is 7.52. The Hall–Kier alpha value is -2.95. The molecule has 0 bridgehead atoms. The SMILES string of the molecule is O=C(C[C@@H](O)c1ccccc1)N1CCN(c2ccc(S(=O)(=O)Nc3nccs3)cc2)CC1.[HH].[HH]. The number of sulfonamides is 1. The van der Waals surface area contributed by atoms with Gasteiger partial charge in [-0.05, 0) is 29.8 Å². The molecule has 1 aliphatic rings. The van der Waals surface area contributed by atoms with Crippen molar-refractivity contribution < 1.29 is 21.2 Å². The summed E-state index contributed by atoms with van der Waals surface area (Å²) in [6, 6.07) is 15.9. The quantitative estimate of drug-likeness (QED) is 0.543. The predicted molar refractivity (Wildman–Crippen MR) is 128 cm³/mol. The van der Waals surface area contributed by atoms with Gasteiger partial charge in [0.15, 0.2) is 5.13 Å². The number of benzene rings is 2. The molecule has 2 heterocycles. The minimum Gasteiger partial charge on any atom is -0.388 e. The van der Waals surface area contributed by atoms with Crippen LogP contribution in [0.5, 0.6) is 0 Å². The van der Waals surface area contributed by atoms with Gasteiger partial charge in [0.2, 0.25) is 5.91 Å². The Labute approximate surface area is 194 Å². The highest BCUT2D eigenvalue weighted by molar-refractivity contribution is 7.93. The molecule has 172 valence electrons. The smallest absolute Gasteiger partial charge is 0.263 e. The minimum absolute atomic E-state index is 0. The summed E-state index contributed by atoms with van der Waals surface area (Å²) in [5, 5.41) is 12.3. The lowest BCUT2D eigenvalue weighted by Crippen LogP contribution is -2.49. The average molecular weight is 477 g/mol. The first-order valence-corrected chi connectivity index (χ1v) is 12.6. The lowest BCUT2D eigenvalue weighted by molar-refractivity contribution is -0.133. The second-order valence-electron chi connectivity index (χ2n) is 7.44. The van der Waals surface area contributed by atoms with Crippen LogP contribution in [0.25, 0.3) is 0 Å². The molecule has 1 saturated heterocycles. The fourth-order valence-electron chi connectivity index (χ4n) is 3.59. The van der Waals surface area contributed by atoms with E-state index in [-0.39, 0.29) is 20.1 Å². The summed E-state index contributed by atoms with van der Waals surface area (Å²) in [6.45, 7) is 2.37. The molecule has 0 unspecified atom stereocenters. The first-order valence-electron chi connectivity index (χ1n) is 10.2. The van der Waals surface area contributed by atoms with Gasteiger partial charge in [-0.2, -0.15) is 0 Å². The highest BCUT2D eigenvalue weighted by Crippen LogP contribution is 2.23. The van der Waals surface area contributed by atoms with Crippen LogP contribution >= 0.6 is 11.3 Å². The predicted octanol–water partition coefficient (Wildman–Crippen LogP) is 3.21. The maximum absolute atomic E-state index is 12.6. The van der Waals surface area contributed by atoms with Gasteiger partial charge in [-0.3, -0.25) is 9.52 Å². The Morgan fingerprint density at radius 1 is 1.09 bits per heavy atom. The van der Waals surface area contributed by atoms with Gasteiger partial charge in [0, 0.05) is 46.3 Å². The summed E-state index contributed by atoms with van der Waals surface area (Å²) < 4.78 is 27.4. The van der Waals surface area contributed by atoms with E-state index in [0.717, 1.165) is 11.3 Å². The van der Waals surface area contributed by atoms with Gasteiger partial charge in [0.1, 0.15) is 0 Å². The van der Waals surface area contributed by atoms with Crippen LogP contribution in [0.1, 0.15) is 20.9 Å². The number of carbonyl (C=O) groups is 1. The second-order valence-corrected chi connectivity index (χ2v) is 10.0. The van der Waals surface area contributed by atoms with Crippen molar-refractivity contribution in [3.8, 4) is 0 Å². The zero-order valence-corrected chi connectivity index (χ0v) is 18.9. The zero-order chi connectivity index (χ0) is 22.6. The fraction of sp³-hybridized carbons (Fsp3) is 0.273. The Morgan fingerprint density at radius 3 is 2.41 bits per heavy atom. The molecule has 0 saturated carbocycles. The van der Waals surface area contributed by atoms with Gasteiger partial charge in [0.25, 0.3) is 10.0 Å². The van der Waals surface area contributed by atoms with Crippen LogP contribution in [0.4, 0.5) is 10.8 Å². The first-order chi connectivity index (χ1) is 15.4. The first kappa shape index (κ1) is 22.3. The van der Waals surface area contributed by atoms with E-state index in [9.17, 15) is 18.3 Å². The van der Waals surface area contributed by atoms with Gasteiger partial charge in [-0.1, -0.05) is 30.3 Å². The third-order valence-electron chi connectivity index (χ3n) is 5.35. The highest BCUT2D eigenvalue weighted by Gasteiger charge is 2.24. The van der Waals surface area contributed by atoms with Crippen molar-refractivity contribution >= 4 is 38.1 Å². The van der Waals surface area contributed by atoms with Crippen LogP contribution in [0.3, 0.4) is 0 Å². The Morgan fingerprint density at radius 2 is 1.78 bits per heavy atom. The average Bonchev–Trinajstić information content (AvgIpc) is 3.32. The largest absolute Gasteiger partial charge is 0.388 e. The molecule has 0 aliphatic carbocycles. The van der Waals surface area contributed by atoms with Gasteiger partial charge < -0.3 is 14.9 Å². The molecule has 10 heteroatoms. The minimum atomic E-state index is -3.68. The van der Waals surface area contributed by atoms with Gasteiger partial charge in [-0.25, -0.2) is 13.4 Å². The molecule has 8 nitrogen and oxygen atoms in total. The number of hydrogen-bond donors (Lipinski definition) is 2. The number of aliphatic hydroxyl groups excluding tert-OH is 1. The molecule has 3 aromatic rings. The molecule has 2 aromatic carbocycles. The van der Waals surface area contributed by atoms with E-state index in [1.54, 1.807) is 40.7 Å². The fourth-order valence-corrected chi connectivity index (χ4v) is 5.37. The summed E-state index contributed by atoms with van der Waals surface area (Å²) >= 11 is 1.22. The van der Waals surface area contributed by atoms with E-state index in [0.29, 0.717) is 31.3 Å². The summed E-state index contributed by atoms with van der Waals surface area (Å²) in [5.74, 6) is -0.0734. The lowest BCUT2D eigenvalue weighted by Gasteiger charge is -2.36. The van der Waals surface area contributed by atoms with Crippen LogP contribution in [0, 0.1) is 0 Å². The Balaban J connectivity index is 0.00000204. The van der Waals surface area contributed by atoms with E-state index in [2.05, 4.69) is 14.6 Å². The normalized spacial score (nSPS) is 15.4. The van der Waals surface area contributed by atoms with Crippen molar-refractivity contribution in [1.82, 2.24) is 9.88 Å². The number of piperazine rings is 1. The van der Waals surface area contributed by atoms with Crippen molar-refractivity contribution in [3.63, 3.8) is 0 Å². The molecule has 1 atom stereocenters. The number of carbonyl (C=O) groups excluding carboxylic acids is 1. The number of nitrogens with one attached hydrogen (secondary N) is 1. The zero-order valence-electron chi connectivity index (χ0n) is 17.3. The number of thiazole rings is 1. The van der Waals surface area contributed by atoms with Crippen molar-refractivity contribution in [2.45, 2.75) is 17.4 Å². The molecule has 2 N–H and O–H groups in total. The number of hydrogen-bond acceptors (Lipinski definition) is 7. The van der Waals surface area contributed by atoms with Crippen molar-refractivity contribution in [2.75, 3.05) is 35.8 Å². The number of aromatic nitrogens is 1. The van der Waals surface area contributed by atoms with Gasteiger partial charge in [0.05, 0.1) is 17.4 Å². The summed E-state index contributed by atoms with van der Waals surface area (Å²) in [4.78, 5) is 20.6. The number of nitrogens with zero attached hydrogens (tertiary/aromatic N) is 3. The van der Waals surface area contributed by atoms with Gasteiger partial charge >= 0.3 is 0 Å². The maximum atomic E-state index is 12.6. The van der Waals surface area contributed by atoms with E-state index >= 15 is 0 Å². The number of anilines is 2. The summed E-state index contributed by atoms with van der Waals surface area (Å²) in [7, 11) is -3.68. The molecule has 0 spiro atoms. The topological polar surface area (TPSA) is 103 Å². The molecular weight excluding hydrogens is 448 g/mol. The lowest BCUT2D eigenvalue weighted by atomic mass is 10.1. The molecule has 1 aromatic heterocycles. The molecule has 0 radical (unpaired) electrons. The van der Waals surface area contributed by atoms with Crippen LogP contribution < -0.4 is 9.62 Å². The van der Waals surface area contributed by atoms with Gasteiger partial charge in [-0.15, -0.1) is 11.3 Å². The van der Waals surface area contributed by atoms with E-state index < -0.39 is 16.1 Å². The van der Waals surface area contributed by atoms with Crippen LogP contribution in [-0.4, -0.2) is 55.5 Å². The molecular formula is C22H28N4O4S2. The maximum Gasteiger partial charge on any atom is 0.263 e. The number of rotatable bonds is 7. The van der Waals surface area contributed by atoms with Crippen molar-refractivity contribution in [1.29, 1.82) is 0 Å². The van der Waals surface area contributed by atoms with Crippen LogP contribution in [0.2, 0.25) is 0 Å². The molecule has 1 amide bonds. The van der Waals surface area contributed by atoms with E-state index in [1.807, 2.05) is 30.3 Å². The number of amides is 1. The molecule has 4 rings (SSSR count). The van der Waals surface area contributed by atoms with Crippen LogP contribution in [0.15, 0.2) is 71.1 Å². The molecule has 1 aliphatic heterocycles. The Bertz CT molecular complexity index is 1140.